The Hall–Kier alpha value is -1.26. The third-order valence-corrected chi connectivity index (χ3v) is 4.72. The van der Waals surface area contributed by atoms with Gasteiger partial charge in [0.15, 0.2) is 0 Å². The van der Waals surface area contributed by atoms with E-state index >= 15 is 0 Å². The number of nitrogens with zero attached hydrogens (tertiary/aromatic N) is 2. The van der Waals surface area contributed by atoms with Gasteiger partial charge in [-0.2, -0.15) is 0 Å². The van der Waals surface area contributed by atoms with E-state index in [2.05, 4.69) is 15.9 Å². The van der Waals surface area contributed by atoms with Crippen LogP contribution in [0.3, 0.4) is 0 Å². The maximum absolute atomic E-state index is 10.4. The normalized spacial score (nSPS) is 17.3. The number of piperazine rings is 1. The van der Waals surface area contributed by atoms with E-state index < -0.39 is 6.10 Å². The molecule has 0 saturated carbocycles. The van der Waals surface area contributed by atoms with E-state index in [1.807, 2.05) is 42.5 Å². The van der Waals surface area contributed by atoms with Crippen molar-refractivity contribution >= 4 is 28.9 Å². The predicted molar refractivity (Wildman–Crippen MR) is 96.5 cm³/mol. The minimum atomic E-state index is -0.481. The molecule has 1 fully saturated rings. The number of aliphatic hydroxyl groups is 1. The number of hydrogen-bond donors (Lipinski definition) is 1. The van der Waals surface area contributed by atoms with Crippen LogP contribution in [0.4, 0.5) is 5.69 Å². The number of anilines is 1. The second-order valence-electron chi connectivity index (χ2n) is 5.83. The second kappa shape index (κ2) is 7.54. The molecule has 0 aliphatic carbocycles. The second-order valence-corrected chi connectivity index (χ2v) is 6.71. The molecule has 0 spiro atoms. The van der Waals surface area contributed by atoms with Crippen LogP contribution in [0.25, 0.3) is 0 Å². The minimum absolute atomic E-state index is 0.481. The van der Waals surface area contributed by atoms with Gasteiger partial charge in [0.05, 0.1) is 6.10 Å². The lowest BCUT2D eigenvalue weighted by Gasteiger charge is -2.37. The van der Waals surface area contributed by atoms with Crippen LogP contribution in [-0.2, 0) is 0 Å². The van der Waals surface area contributed by atoms with Crippen molar-refractivity contribution in [1.29, 1.82) is 0 Å². The molecule has 0 bridgehead atoms. The molecule has 2 aromatic rings. The van der Waals surface area contributed by atoms with Gasteiger partial charge in [-0.25, -0.2) is 0 Å². The Morgan fingerprint density at radius 3 is 2.26 bits per heavy atom. The van der Waals surface area contributed by atoms with Crippen molar-refractivity contribution in [2.45, 2.75) is 6.10 Å². The molecule has 3 nitrogen and oxygen atoms in total. The lowest BCUT2D eigenvalue weighted by Crippen LogP contribution is -2.47. The zero-order valence-corrected chi connectivity index (χ0v) is 14.3. The molecular formula is C18H20Cl2N2O. The SMILES string of the molecule is OC(CN1CCN(c2cccc(Cl)c2)CC1)c1ccc(Cl)cc1. The van der Waals surface area contributed by atoms with Gasteiger partial charge in [0.2, 0.25) is 0 Å². The van der Waals surface area contributed by atoms with Crippen molar-refractivity contribution in [3.05, 3.63) is 64.1 Å². The molecule has 1 N–H and O–H groups in total. The van der Waals surface area contributed by atoms with Crippen LogP contribution in [0, 0.1) is 0 Å². The zero-order valence-electron chi connectivity index (χ0n) is 12.8. The van der Waals surface area contributed by atoms with Crippen molar-refractivity contribution in [3.63, 3.8) is 0 Å². The molecule has 1 heterocycles. The van der Waals surface area contributed by atoms with Gasteiger partial charge < -0.3 is 10.0 Å². The lowest BCUT2D eigenvalue weighted by molar-refractivity contribution is 0.109. The Kier molecular flexibility index (Phi) is 5.44. The molecule has 23 heavy (non-hydrogen) atoms. The quantitative estimate of drug-likeness (QED) is 0.907. The zero-order chi connectivity index (χ0) is 16.2. The Morgan fingerprint density at radius 1 is 0.913 bits per heavy atom. The smallest absolute Gasteiger partial charge is 0.0916 e. The Bertz CT molecular complexity index is 640. The molecule has 5 heteroatoms. The molecule has 1 unspecified atom stereocenters. The fourth-order valence-corrected chi connectivity index (χ4v) is 3.21. The van der Waals surface area contributed by atoms with Gasteiger partial charge in [0.25, 0.3) is 0 Å². The Labute approximate surface area is 147 Å². The summed E-state index contributed by atoms with van der Waals surface area (Å²) in [7, 11) is 0. The van der Waals surface area contributed by atoms with Gasteiger partial charge >= 0.3 is 0 Å². The van der Waals surface area contributed by atoms with Gasteiger partial charge in [0.1, 0.15) is 0 Å². The number of benzene rings is 2. The summed E-state index contributed by atoms with van der Waals surface area (Å²) in [6, 6.07) is 15.4. The van der Waals surface area contributed by atoms with Gasteiger partial charge in [0, 0.05) is 48.5 Å². The van der Waals surface area contributed by atoms with Gasteiger partial charge in [-0.05, 0) is 35.9 Å². The summed E-state index contributed by atoms with van der Waals surface area (Å²) in [6.45, 7) is 4.38. The highest BCUT2D eigenvalue weighted by molar-refractivity contribution is 6.31. The number of β-amino-alcohol motifs (C(OH)–C–C–N with tert-alkyl or cyclic N) is 1. The van der Waals surface area contributed by atoms with Crippen molar-refractivity contribution in [1.82, 2.24) is 4.90 Å². The number of rotatable bonds is 4. The maximum atomic E-state index is 10.4. The molecular weight excluding hydrogens is 331 g/mol. The van der Waals surface area contributed by atoms with Gasteiger partial charge in [-0.1, -0.05) is 41.4 Å². The minimum Gasteiger partial charge on any atom is -0.387 e. The topological polar surface area (TPSA) is 26.7 Å². The summed E-state index contributed by atoms with van der Waals surface area (Å²) in [5.74, 6) is 0. The highest BCUT2D eigenvalue weighted by atomic mass is 35.5. The summed E-state index contributed by atoms with van der Waals surface area (Å²) in [5, 5.41) is 11.8. The molecule has 0 amide bonds. The summed E-state index contributed by atoms with van der Waals surface area (Å²) < 4.78 is 0. The molecule has 1 saturated heterocycles. The van der Waals surface area contributed by atoms with Crippen LogP contribution < -0.4 is 4.90 Å². The standard InChI is InChI=1S/C18H20Cl2N2O/c19-15-6-4-14(5-7-15)18(23)13-21-8-10-22(11-9-21)17-3-1-2-16(20)12-17/h1-7,12,18,23H,8-11,13H2. The fourth-order valence-electron chi connectivity index (χ4n) is 2.90. The predicted octanol–water partition coefficient (Wildman–Crippen LogP) is 3.85. The summed E-state index contributed by atoms with van der Waals surface area (Å²) in [5.41, 5.74) is 2.07. The van der Waals surface area contributed by atoms with Crippen LogP contribution >= 0.6 is 23.2 Å². The van der Waals surface area contributed by atoms with E-state index in [0.29, 0.717) is 11.6 Å². The van der Waals surface area contributed by atoms with Crippen molar-refractivity contribution in [3.8, 4) is 0 Å². The Morgan fingerprint density at radius 2 is 1.61 bits per heavy atom. The highest BCUT2D eigenvalue weighted by Crippen LogP contribution is 2.22. The van der Waals surface area contributed by atoms with E-state index in [-0.39, 0.29) is 0 Å². The van der Waals surface area contributed by atoms with Crippen LogP contribution in [0.2, 0.25) is 10.0 Å². The first-order valence-electron chi connectivity index (χ1n) is 7.78. The number of hydrogen-bond acceptors (Lipinski definition) is 3. The molecule has 0 aromatic heterocycles. The third-order valence-electron chi connectivity index (χ3n) is 4.23. The monoisotopic (exact) mass is 350 g/mol. The van der Waals surface area contributed by atoms with Crippen LogP contribution in [0.1, 0.15) is 11.7 Å². The summed E-state index contributed by atoms with van der Waals surface area (Å²) in [6.07, 6.45) is -0.481. The fraction of sp³-hybridized carbons (Fsp3) is 0.333. The van der Waals surface area contributed by atoms with Gasteiger partial charge in [-0.3, -0.25) is 4.90 Å². The number of halogens is 2. The first-order chi connectivity index (χ1) is 11.1. The molecule has 2 aromatic carbocycles. The summed E-state index contributed by atoms with van der Waals surface area (Å²) >= 11 is 11.9. The van der Waals surface area contributed by atoms with Crippen LogP contribution in [0.15, 0.2) is 48.5 Å². The Balaban J connectivity index is 1.54. The third kappa shape index (κ3) is 4.39. The van der Waals surface area contributed by atoms with E-state index in [0.717, 1.165) is 42.5 Å². The molecule has 122 valence electrons. The van der Waals surface area contributed by atoms with Gasteiger partial charge in [-0.15, -0.1) is 0 Å². The van der Waals surface area contributed by atoms with E-state index in [4.69, 9.17) is 23.2 Å². The van der Waals surface area contributed by atoms with E-state index in [9.17, 15) is 5.11 Å². The summed E-state index contributed by atoms with van der Waals surface area (Å²) in [4.78, 5) is 4.62. The largest absolute Gasteiger partial charge is 0.387 e. The van der Waals surface area contributed by atoms with Crippen LogP contribution in [-0.4, -0.2) is 42.7 Å². The van der Waals surface area contributed by atoms with E-state index in [1.165, 1.54) is 0 Å². The molecule has 1 aliphatic heterocycles. The number of aliphatic hydroxyl groups excluding tert-OH is 1. The highest BCUT2D eigenvalue weighted by Gasteiger charge is 2.20. The van der Waals surface area contributed by atoms with Crippen molar-refractivity contribution < 1.29 is 5.11 Å². The molecule has 1 atom stereocenters. The molecule has 1 aliphatic rings. The van der Waals surface area contributed by atoms with Crippen molar-refractivity contribution in [2.24, 2.45) is 0 Å². The average molecular weight is 351 g/mol. The first-order valence-corrected chi connectivity index (χ1v) is 8.54. The first kappa shape index (κ1) is 16.6. The average Bonchev–Trinajstić information content (AvgIpc) is 2.56. The lowest BCUT2D eigenvalue weighted by atomic mass is 10.1. The molecule has 3 rings (SSSR count). The van der Waals surface area contributed by atoms with Crippen LogP contribution in [0.5, 0.6) is 0 Å². The maximum Gasteiger partial charge on any atom is 0.0916 e. The van der Waals surface area contributed by atoms with Crippen molar-refractivity contribution in [2.75, 3.05) is 37.6 Å². The van der Waals surface area contributed by atoms with E-state index in [1.54, 1.807) is 0 Å². The molecule has 0 radical (unpaired) electrons.